The monoisotopic (exact) mass is 1660 g/mol. The molecule has 0 aromatic carbocycles. The average Bonchev–Trinajstić information content (AvgIpc) is 0.756. The Labute approximate surface area is 677 Å². The summed E-state index contributed by atoms with van der Waals surface area (Å²) in [5.41, 5.74) is 0. The Balaban J connectivity index is 1.15. The zero-order chi connectivity index (χ0) is 84.1. The van der Waals surface area contributed by atoms with Crippen molar-refractivity contribution in [1.82, 2.24) is 16.0 Å². The highest BCUT2D eigenvalue weighted by Crippen LogP contribution is 2.39. The predicted molar refractivity (Wildman–Crippen MR) is 411 cm³/mol. The van der Waals surface area contributed by atoms with Gasteiger partial charge in [-0.05, 0) is 26.2 Å². The summed E-state index contributed by atoms with van der Waals surface area (Å²) in [5, 5.41) is 199. The van der Waals surface area contributed by atoms with Crippen molar-refractivity contribution in [3.63, 3.8) is 0 Å². The molecule has 6 saturated heterocycles. The van der Waals surface area contributed by atoms with Crippen molar-refractivity contribution in [1.29, 1.82) is 0 Å². The average molecular weight is 1660 g/mol. The van der Waals surface area contributed by atoms with Gasteiger partial charge in [-0.25, -0.2) is 0 Å². The predicted octanol–water partition coefficient (Wildman–Crippen LogP) is 0.164. The van der Waals surface area contributed by atoms with Gasteiger partial charge in [0, 0.05) is 20.3 Å². The van der Waals surface area contributed by atoms with Crippen molar-refractivity contribution < 1.29 is 158 Å². The maximum atomic E-state index is 13.6. The summed E-state index contributed by atoms with van der Waals surface area (Å²) in [5.74, 6) is -2.05. The molecule has 6 aliphatic heterocycles. The lowest BCUT2D eigenvalue weighted by molar-refractivity contribution is -0.395. The molecule has 0 bridgehead atoms. The van der Waals surface area contributed by atoms with Gasteiger partial charge in [-0.15, -0.1) is 0 Å². The molecular weight excluding hydrogens is 1510 g/mol. The molecule has 35 nitrogen and oxygen atoms in total. The molecule has 12 unspecified atom stereocenters. The minimum absolute atomic E-state index is 0.166. The summed E-state index contributed by atoms with van der Waals surface area (Å²) in [4.78, 5) is 39.5. The molecule has 32 atom stereocenters. The minimum atomic E-state index is -2.29. The summed E-state index contributed by atoms with van der Waals surface area (Å²) >= 11 is 0. The van der Waals surface area contributed by atoms with Crippen LogP contribution in [0.2, 0.25) is 0 Å². The van der Waals surface area contributed by atoms with Gasteiger partial charge in [0.15, 0.2) is 37.7 Å². The van der Waals surface area contributed by atoms with Crippen LogP contribution in [0.25, 0.3) is 0 Å². The molecule has 0 aromatic heterocycles. The van der Waals surface area contributed by atoms with Crippen LogP contribution in [0, 0.1) is 0 Å². The Hall–Kier alpha value is -3.01. The van der Waals surface area contributed by atoms with E-state index in [2.05, 4.69) is 29.8 Å². The Kier molecular flexibility index (Phi) is 47.8. The van der Waals surface area contributed by atoms with E-state index < -0.39 is 248 Å². The second-order valence-corrected chi connectivity index (χ2v) is 32.1. The molecule has 6 aliphatic rings. The largest absolute Gasteiger partial charge is 0.394 e. The molecule has 6 fully saturated rings. The lowest BCUT2D eigenvalue weighted by Crippen LogP contribution is -2.71. The van der Waals surface area contributed by atoms with Crippen LogP contribution in [0.15, 0.2) is 12.2 Å². The van der Waals surface area contributed by atoms with Crippen LogP contribution in [0.4, 0.5) is 0 Å². The van der Waals surface area contributed by atoms with Gasteiger partial charge in [0.25, 0.3) is 0 Å². The highest BCUT2D eigenvalue weighted by atomic mass is 16.8. The van der Waals surface area contributed by atoms with Crippen molar-refractivity contribution in [2.45, 2.75) is 436 Å². The van der Waals surface area contributed by atoms with E-state index in [0.29, 0.717) is 12.8 Å². The van der Waals surface area contributed by atoms with Gasteiger partial charge in [0.1, 0.15) is 140 Å². The van der Waals surface area contributed by atoms with E-state index in [0.717, 1.165) is 65.2 Å². The Morgan fingerprint density at radius 3 is 1.17 bits per heavy atom. The Morgan fingerprint density at radius 2 is 0.713 bits per heavy atom. The highest BCUT2D eigenvalue weighted by Gasteiger charge is 2.59. The molecule has 20 N–H and O–H groups in total. The van der Waals surface area contributed by atoms with Crippen LogP contribution in [-0.2, 0) is 71.2 Å². The van der Waals surface area contributed by atoms with Crippen LogP contribution in [0.3, 0.4) is 0 Å². The van der Waals surface area contributed by atoms with Gasteiger partial charge in [-0.2, -0.15) is 0 Å². The fourth-order valence-electron chi connectivity index (χ4n) is 15.7. The van der Waals surface area contributed by atoms with Crippen molar-refractivity contribution in [2.75, 3.05) is 39.6 Å². The number of carbonyl (C=O) groups is 3. The fraction of sp³-hybridized carbons (Fsp3) is 0.938. The first-order valence-corrected chi connectivity index (χ1v) is 42.8. The quantitative estimate of drug-likeness (QED) is 0.0285. The standard InChI is InChI=1S/C80H145N3O32/c1-6-8-10-12-14-16-18-20-21-22-23-24-25-27-29-31-33-35-37-39-56(92)83-49(50(91)38-36-34-32-30-28-26-19-17-15-13-11-9-7-2)45-104-77-67(101)65(99)70(54(43-87)110-77)111-79-68(102)74(62(96)52(41-85)107-79)115-76-58(82-48(5)90)72(71(55(44-88)109-76)112-78-66(100)64(98)59(93)46(3)105-78)113-80-69(103)73(61(95)53(42-86)108-80)114-75-57(81-47(4)89)63(97)60(94)51(40-84)106-75/h36,38,46,49-55,57-80,84-88,91,93-103H,6-35,37,39-45H2,1-5H3,(H,81,89)(H,82,90)(H,83,92)/b38-36+/t46?,49-,50+,51?,52?,53?,54?,55?,57?,58?,59+,60+,61-,62-,63+,64?,65+,66-,67?,68?,69?,70+,71+,72+,73-,74-,75-,76-,77+,78+,79-,80-/m0/s1. The molecule has 672 valence electrons. The number of ether oxygens (including phenoxy) is 12. The van der Waals surface area contributed by atoms with Gasteiger partial charge in [0.2, 0.25) is 17.7 Å². The third kappa shape index (κ3) is 31.7. The number of nitrogens with one attached hydrogen (secondary N) is 3. The zero-order valence-corrected chi connectivity index (χ0v) is 68.2. The van der Waals surface area contributed by atoms with E-state index >= 15 is 0 Å². The van der Waals surface area contributed by atoms with Gasteiger partial charge < -0.3 is 160 Å². The second kappa shape index (κ2) is 54.5. The van der Waals surface area contributed by atoms with Crippen LogP contribution in [-0.4, -0.2) is 340 Å². The fourth-order valence-corrected chi connectivity index (χ4v) is 15.7. The first-order valence-electron chi connectivity index (χ1n) is 42.8. The first kappa shape index (κ1) is 101. The highest BCUT2D eigenvalue weighted by molar-refractivity contribution is 5.76. The number of aliphatic hydroxyl groups is 17. The molecule has 3 amide bonds. The van der Waals surface area contributed by atoms with Crippen LogP contribution in [0.1, 0.15) is 240 Å². The van der Waals surface area contributed by atoms with Crippen LogP contribution in [0.5, 0.6) is 0 Å². The van der Waals surface area contributed by atoms with Crippen molar-refractivity contribution in [3.05, 3.63) is 12.2 Å². The molecule has 6 heterocycles. The Bertz CT molecular complexity index is 2650. The Morgan fingerprint density at radius 1 is 0.357 bits per heavy atom. The molecule has 0 aromatic rings. The number of allylic oxidation sites excluding steroid dienone is 1. The molecule has 0 aliphatic carbocycles. The van der Waals surface area contributed by atoms with E-state index in [-0.39, 0.29) is 12.3 Å². The summed E-state index contributed by atoms with van der Waals surface area (Å²) in [7, 11) is 0. The summed E-state index contributed by atoms with van der Waals surface area (Å²) < 4.78 is 72.6. The minimum Gasteiger partial charge on any atom is -0.394 e. The van der Waals surface area contributed by atoms with Gasteiger partial charge in [-0.1, -0.05) is 206 Å². The third-order valence-corrected chi connectivity index (χ3v) is 22.7. The maximum absolute atomic E-state index is 13.6. The van der Waals surface area contributed by atoms with Crippen molar-refractivity contribution >= 4 is 17.7 Å². The van der Waals surface area contributed by atoms with E-state index in [1.54, 1.807) is 6.08 Å². The number of carbonyl (C=O) groups excluding carboxylic acids is 3. The van der Waals surface area contributed by atoms with Gasteiger partial charge >= 0.3 is 0 Å². The molecule has 6 rings (SSSR count). The number of hydrogen-bond donors (Lipinski definition) is 20. The van der Waals surface area contributed by atoms with E-state index in [1.807, 2.05) is 6.08 Å². The topological polar surface area (TPSA) is 542 Å². The molecule has 115 heavy (non-hydrogen) atoms. The van der Waals surface area contributed by atoms with E-state index in [9.17, 15) is 101 Å². The van der Waals surface area contributed by atoms with Crippen molar-refractivity contribution in [2.24, 2.45) is 0 Å². The number of hydrogen-bond acceptors (Lipinski definition) is 32. The second-order valence-electron chi connectivity index (χ2n) is 32.1. The van der Waals surface area contributed by atoms with Gasteiger partial charge in [-0.3, -0.25) is 14.4 Å². The lowest BCUT2D eigenvalue weighted by atomic mass is 9.93. The molecule has 35 heteroatoms. The summed E-state index contributed by atoms with van der Waals surface area (Å²) in [6.45, 7) is 2.25. The van der Waals surface area contributed by atoms with E-state index in [1.165, 1.54) is 142 Å². The smallest absolute Gasteiger partial charge is 0.220 e. The normalized spacial score (nSPS) is 36.5. The summed E-state index contributed by atoms with van der Waals surface area (Å²) in [6.07, 6.45) is -15.4. The number of rotatable bonds is 55. The molecular formula is C80H145N3O32. The maximum Gasteiger partial charge on any atom is 0.220 e. The molecule has 0 saturated carbocycles. The third-order valence-electron chi connectivity index (χ3n) is 22.7. The lowest BCUT2D eigenvalue weighted by Gasteiger charge is -2.52. The van der Waals surface area contributed by atoms with Crippen LogP contribution < -0.4 is 16.0 Å². The number of amides is 3. The van der Waals surface area contributed by atoms with Crippen LogP contribution >= 0.6 is 0 Å². The van der Waals surface area contributed by atoms with Gasteiger partial charge in [0.05, 0.1) is 57.9 Å². The SMILES string of the molecule is CCCCCCCCCCCCC/C=C/[C@@H](O)[C@H](CO[C@@H]1OC(CO)[C@@H](O[C@@H]2OC(CO)[C@H](O)[C@H](O[C@@H]3OC(CO)[C@@H](O[C@H]4OC(C)[C@@H](O)C(O)[C@@H]4O)[C@H](O[C@@H]4OC(CO)[C@H](O)[C@H](O[C@@H]5OC(CO)[C@@H](O)[C@H](O)C5NC(C)=O)C4O)C3NC(C)=O)C2O)[C@H](O)C1O)NC(=O)CCCCCCCCCCCCCCCCCCCCC. The number of aliphatic hydroxyl groups excluding tert-OH is 17. The van der Waals surface area contributed by atoms with E-state index in [4.69, 9.17) is 56.8 Å². The summed E-state index contributed by atoms with van der Waals surface area (Å²) in [6, 6.07) is -4.67. The zero-order valence-electron chi connectivity index (χ0n) is 68.2. The molecule has 0 spiro atoms. The number of unbranched alkanes of at least 4 members (excludes halogenated alkanes) is 29. The van der Waals surface area contributed by atoms with Crippen molar-refractivity contribution in [3.8, 4) is 0 Å². The molecule has 0 radical (unpaired) electrons. The first-order chi connectivity index (χ1) is 55.3.